The van der Waals surface area contributed by atoms with Crippen LogP contribution in [0.3, 0.4) is 0 Å². The van der Waals surface area contributed by atoms with Crippen LogP contribution in [0, 0.1) is 0 Å². The number of sulfone groups is 1. The highest BCUT2D eigenvalue weighted by molar-refractivity contribution is 7.91. The summed E-state index contributed by atoms with van der Waals surface area (Å²) in [6.07, 6.45) is 1.51. The first-order chi connectivity index (χ1) is 7.99. The first-order valence-electron chi connectivity index (χ1n) is 5.66. The van der Waals surface area contributed by atoms with Crippen molar-refractivity contribution in [2.45, 2.75) is 29.2 Å². The Morgan fingerprint density at radius 2 is 2.18 bits per heavy atom. The van der Waals surface area contributed by atoms with Gasteiger partial charge in [-0.1, -0.05) is 0 Å². The van der Waals surface area contributed by atoms with E-state index in [4.69, 9.17) is 10.5 Å². The number of nitrogens with two attached hydrogens (primary N) is 1. The highest BCUT2D eigenvalue weighted by atomic mass is 32.2. The maximum atomic E-state index is 12.0. The molecule has 2 N–H and O–H groups in total. The molecule has 1 aromatic carbocycles. The number of rotatable bonds is 1. The molecule has 1 aromatic rings. The second-order valence-corrected chi connectivity index (χ2v) is 6.98. The van der Waals surface area contributed by atoms with Crippen molar-refractivity contribution < 1.29 is 13.2 Å². The van der Waals surface area contributed by atoms with Crippen molar-refractivity contribution >= 4 is 9.84 Å². The van der Waals surface area contributed by atoms with E-state index in [9.17, 15) is 8.42 Å². The van der Waals surface area contributed by atoms with Crippen molar-refractivity contribution in [2.75, 3.05) is 12.9 Å². The highest BCUT2D eigenvalue weighted by Crippen LogP contribution is 2.55. The molecule has 1 saturated carbocycles. The molecule has 1 aliphatic carbocycles. The normalized spacial score (nSPS) is 33.2. The second kappa shape index (κ2) is 3.23. The van der Waals surface area contributed by atoms with Gasteiger partial charge in [-0.2, -0.15) is 0 Å². The molecule has 0 aromatic heterocycles. The summed E-state index contributed by atoms with van der Waals surface area (Å²) < 4.78 is 29.2. The largest absolute Gasteiger partial charge is 0.497 e. The van der Waals surface area contributed by atoms with E-state index in [1.165, 1.54) is 0 Å². The van der Waals surface area contributed by atoms with Gasteiger partial charge in [-0.3, -0.25) is 0 Å². The lowest BCUT2D eigenvalue weighted by Crippen LogP contribution is -2.29. The van der Waals surface area contributed by atoms with Gasteiger partial charge in [-0.25, -0.2) is 8.42 Å². The Morgan fingerprint density at radius 3 is 2.76 bits per heavy atom. The minimum Gasteiger partial charge on any atom is -0.497 e. The van der Waals surface area contributed by atoms with Crippen LogP contribution >= 0.6 is 0 Å². The van der Waals surface area contributed by atoms with E-state index in [2.05, 4.69) is 0 Å². The van der Waals surface area contributed by atoms with Gasteiger partial charge in [0.1, 0.15) is 5.75 Å². The topological polar surface area (TPSA) is 69.4 Å². The summed E-state index contributed by atoms with van der Waals surface area (Å²) in [7, 11) is -1.55. The van der Waals surface area contributed by atoms with Gasteiger partial charge in [0, 0.05) is 11.5 Å². The molecule has 2 unspecified atom stereocenters. The van der Waals surface area contributed by atoms with Crippen LogP contribution in [-0.4, -0.2) is 27.3 Å². The molecule has 1 aliphatic heterocycles. The summed E-state index contributed by atoms with van der Waals surface area (Å²) >= 11 is 0. The molecule has 0 bridgehead atoms. The summed E-state index contributed by atoms with van der Waals surface area (Å²) in [5, 5.41) is 0. The smallest absolute Gasteiger partial charge is 0.178 e. The van der Waals surface area contributed by atoms with Gasteiger partial charge in [-0.05, 0) is 36.6 Å². The Hall–Kier alpha value is -1.07. The van der Waals surface area contributed by atoms with E-state index in [1.807, 2.05) is 6.07 Å². The molecule has 92 valence electrons. The summed E-state index contributed by atoms with van der Waals surface area (Å²) in [5.74, 6) is 0.902. The maximum absolute atomic E-state index is 12.0. The monoisotopic (exact) mass is 253 g/mol. The SMILES string of the molecule is COc1ccc2c(c1)C1(CCS2(=O)=O)CC1N. The fourth-order valence-corrected chi connectivity index (χ4v) is 4.51. The molecular weight excluding hydrogens is 238 g/mol. The lowest BCUT2D eigenvalue weighted by atomic mass is 9.91. The van der Waals surface area contributed by atoms with E-state index in [1.54, 1.807) is 19.2 Å². The van der Waals surface area contributed by atoms with Gasteiger partial charge in [0.25, 0.3) is 0 Å². The van der Waals surface area contributed by atoms with Crippen LogP contribution in [0.4, 0.5) is 0 Å². The summed E-state index contributed by atoms with van der Waals surface area (Å²) in [6.45, 7) is 0. The average Bonchev–Trinajstić information content (AvgIpc) is 2.96. The van der Waals surface area contributed by atoms with E-state index < -0.39 is 9.84 Å². The Bertz CT molecular complexity index is 581. The molecule has 0 amide bonds. The number of fused-ring (bicyclic) bond motifs is 2. The molecule has 1 heterocycles. The zero-order valence-corrected chi connectivity index (χ0v) is 10.5. The van der Waals surface area contributed by atoms with Gasteiger partial charge in [-0.15, -0.1) is 0 Å². The average molecular weight is 253 g/mol. The van der Waals surface area contributed by atoms with Gasteiger partial charge in [0.2, 0.25) is 0 Å². The van der Waals surface area contributed by atoms with Crippen molar-refractivity contribution in [3.63, 3.8) is 0 Å². The van der Waals surface area contributed by atoms with Crippen LogP contribution in [-0.2, 0) is 15.3 Å². The van der Waals surface area contributed by atoms with Gasteiger partial charge < -0.3 is 10.5 Å². The van der Waals surface area contributed by atoms with Crippen LogP contribution in [0.1, 0.15) is 18.4 Å². The summed E-state index contributed by atoms with van der Waals surface area (Å²) in [6, 6.07) is 5.27. The number of hydrogen-bond donors (Lipinski definition) is 1. The molecule has 1 spiro atoms. The van der Waals surface area contributed by atoms with E-state index in [0.717, 1.165) is 12.0 Å². The first kappa shape index (κ1) is 11.0. The zero-order chi connectivity index (χ0) is 12.3. The quantitative estimate of drug-likeness (QED) is 0.805. The minimum atomic E-state index is -3.13. The molecular formula is C12H15NO3S. The Balaban J connectivity index is 2.23. The molecule has 2 atom stereocenters. The van der Waals surface area contributed by atoms with Crippen molar-refractivity contribution in [1.82, 2.24) is 0 Å². The predicted molar refractivity (Wildman–Crippen MR) is 63.9 cm³/mol. The molecule has 0 saturated heterocycles. The first-order valence-corrected chi connectivity index (χ1v) is 7.32. The number of ether oxygens (including phenoxy) is 1. The Morgan fingerprint density at radius 1 is 1.47 bits per heavy atom. The van der Waals surface area contributed by atoms with Gasteiger partial charge in [0.15, 0.2) is 9.84 Å². The zero-order valence-electron chi connectivity index (χ0n) is 9.64. The van der Waals surface area contributed by atoms with Crippen molar-refractivity contribution in [2.24, 2.45) is 5.73 Å². The van der Waals surface area contributed by atoms with Crippen molar-refractivity contribution in [3.8, 4) is 5.75 Å². The number of methoxy groups -OCH3 is 1. The fraction of sp³-hybridized carbons (Fsp3) is 0.500. The maximum Gasteiger partial charge on any atom is 0.178 e. The van der Waals surface area contributed by atoms with Crippen LogP contribution in [0.2, 0.25) is 0 Å². The standard InChI is InChI=1S/C12H15NO3S/c1-16-8-2-3-10-9(6-8)12(7-11(12)13)4-5-17(10,14)15/h2-3,6,11H,4-5,7,13H2,1H3. The Labute approximate surface area is 101 Å². The molecule has 17 heavy (non-hydrogen) atoms. The third-order valence-electron chi connectivity index (χ3n) is 4.01. The molecule has 4 nitrogen and oxygen atoms in total. The predicted octanol–water partition coefficient (Wildman–Crippen LogP) is 0.841. The minimum absolute atomic E-state index is 0.0869. The van der Waals surface area contributed by atoms with E-state index in [-0.39, 0.29) is 17.2 Å². The molecule has 0 radical (unpaired) electrons. The molecule has 3 rings (SSSR count). The van der Waals surface area contributed by atoms with Crippen molar-refractivity contribution in [1.29, 1.82) is 0 Å². The number of benzene rings is 1. The third kappa shape index (κ3) is 1.42. The third-order valence-corrected chi connectivity index (χ3v) is 5.78. The summed E-state index contributed by atoms with van der Waals surface area (Å²) in [4.78, 5) is 0.442. The van der Waals surface area contributed by atoms with Crippen LogP contribution < -0.4 is 10.5 Å². The van der Waals surface area contributed by atoms with Gasteiger partial charge >= 0.3 is 0 Å². The second-order valence-electron chi connectivity index (χ2n) is 4.90. The van der Waals surface area contributed by atoms with Crippen molar-refractivity contribution in [3.05, 3.63) is 23.8 Å². The lowest BCUT2D eigenvalue weighted by Gasteiger charge is -2.26. The van der Waals surface area contributed by atoms with E-state index in [0.29, 0.717) is 17.1 Å². The van der Waals surface area contributed by atoms with Crippen LogP contribution in [0.25, 0.3) is 0 Å². The van der Waals surface area contributed by atoms with E-state index >= 15 is 0 Å². The highest BCUT2D eigenvalue weighted by Gasteiger charge is 2.57. The molecule has 2 aliphatic rings. The van der Waals surface area contributed by atoms with Crippen LogP contribution in [0.5, 0.6) is 5.75 Å². The van der Waals surface area contributed by atoms with Gasteiger partial charge in [0.05, 0.1) is 17.8 Å². The Kier molecular flexibility index (Phi) is 2.10. The molecule has 1 fully saturated rings. The molecule has 5 heteroatoms. The number of hydrogen-bond acceptors (Lipinski definition) is 4. The summed E-state index contributed by atoms with van der Waals surface area (Å²) in [5.41, 5.74) is 6.73. The van der Waals surface area contributed by atoms with Crippen LogP contribution in [0.15, 0.2) is 23.1 Å². The fourth-order valence-electron chi connectivity index (χ4n) is 2.79. The lowest BCUT2D eigenvalue weighted by molar-refractivity contribution is 0.412.